The monoisotopic (exact) mass is 376 g/mol. The highest BCUT2D eigenvalue weighted by Crippen LogP contribution is 2.22. The number of nitrogens with one attached hydrogen (secondary N) is 2. The molecule has 0 saturated heterocycles. The third kappa shape index (κ3) is 2.82. The van der Waals surface area contributed by atoms with Crippen molar-refractivity contribution in [2.45, 2.75) is 6.54 Å². The Kier molecular flexibility index (Phi) is 3.96. The Morgan fingerprint density at radius 1 is 1.10 bits per heavy atom. The minimum Gasteiger partial charge on any atom is -0.380 e. The lowest BCUT2D eigenvalue weighted by molar-refractivity contribution is 1.09. The molecule has 0 aliphatic heterocycles. The summed E-state index contributed by atoms with van der Waals surface area (Å²) in [5.74, 6) is 0. The number of pyridine rings is 1. The molecule has 4 nitrogen and oxygen atoms in total. The maximum Gasteiger partial charge on any atom is 0.0715 e. The van der Waals surface area contributed by atoms with Crippen molar-refractivity contribution in [3.63, 3.8) is 0 Å². The van der Waals surface area contributed by atoms with E-state index in [1.165, 1.54) is 3.57 Å². The summed E-state index contributed by atoms with van der Waals surface area (Å²) in [4.78, 5) is 4.14. The van der Waals surface area contributed by atoms with E-state index in [9.17, 15) is 0 Å². The van der Waals surface area contributed by atoms with Crippen LogP contribution in [0.5, 0.6) is 0 Å². The molecule has 2 heterocycles. The molecule has 0 fully saturated rings. The second-order valence-electron chi connectivity index (χ2n) is 4.35. The van der Waals surface area contributed by atoms with E-state index < -0.39 is 0 Å². The fourth-order valence-electron chi connectivity index (χ4n) is 2.00. The molecule has 0 atom stereocenters. The number of anilines is 1. The smallest absolute Gasteiger partial charge is 0.0715 e. The highest BCUT2D eigenvalue weighted by Gasteiger charge is 2.08. The lowest BCUT2D eigenvalue weighted by Crippen LogP contribution is -2.01. The molecule has 100 valence electrons. The van der Waals surface area contributed by atoms with E-state index in [1.807, 2.05) is 36.7 Å². The predicted molar refractivity (Wildman–Crippen MR) is 88.3 cm³/mol. The summed E-state index contributed by atoms with van der Waals surface area (Å²) in [6.45, 7) is 0.723. The van der Waals surface area contributed by atoms with Gasteiger partial charge in [-0.25, -0.2) is 0 Å². The van der Waals surface area contributed by atoms with Crippen LogP contribution in [0, 0.1) is 3.57 Å². The third-order valence-electron chi connectivity index (χ3n) is 3.01. The Labute approximate surface area is 130 Å². The number of hydrogen-bond acceptors (Lipinski definition) is 3. The molecule has 3 aromatic rings. The lowest BCUT2D eigenvalue weighted by Gasteiger charge is -2.08. The fourth-order valence-corrected chi connectivity index (χ4v) is 2.58. The van der Waals surface area contributed by atoms with E-state index >= 15 is 0 Å². The number of nitrogens with zero attached hydrogens (tertiary/aromatic N) is 2. The van der Waals surface area contributed by atoms with Gasteiger partial charge in [0.15, 0.2) is 0 Å². The SMILES string of the molecule is Ic1ccccc1NCc1cn[nH]c1-c1cccnc1. The van der Waals surface area contributed by atoms with E-state index in [-0.39, 0.29) is 0 Å². The Hall–Kier alpha value is -1.89. The van der Waals surface area contributed by atoms with E-state index in [4.69, 9.17) is 0 Å². The zero-order valence-corrected chi connectivity index (χ0v) is 12.8. The minimum absolute atomic E-state index is 0.723. The van der Waals surface area contributed by atoms with Gasteiger partial charge >= 0.3 is 0 Å². The molecule has 5 heteroatoms. The number of benzene rings is 1. The molecule has 2 aromatic heterocycles. The Balaban J connectivity index is 1.80. The number of aromatic amines is 1. The van der Waals surface area contributed by atoms with Crippen LogP contribution in [0.3, 0.4) is 0 Å². The number of halogens is 1. The second kappa shape index (κ2) is 6.04. The summed E-state index contributed by atoms with van der Waals surface area (Å²) in [5.41, 5.74) is 4.31. The Morgan fingerprint density at radius 2 is 2.00 bits per heavy atom. The average Bonchev–Trinajstić information content (AvgIpc) is 2.96. The first kappa shape index (κ1) is 13.1. The van der Waals surface area contributed by atoms with E-state index in [2.05, 4.69) is 55.2 Å². The van der Waals surface area contributed by atoms with Gasteiger partial charge < -0.3 is 5.32 Å². The molecule has 0 aliphatic rings. The van der Waals surface area contributed by atoms with Crippen LogP contribution in [0.15, 0.2) is 55.0 Å². The Morgan fingerprint density at radius 3 is 2.80 bits per heavy atom. The summed E-state index contributed by atoms with van der Waals surface area (Å²) in [5, 5.41) is 10.6. The summed E-state index contributed by atoms with van der Waals surface area (Å²) in [7, 11) is 0. The average molecular weight is 376 g/mol. The fraction of sp³-hybridized carbons (Fsp3) is 0.0667. The van der Waals surface area contributed by atoms with Gasteiger partial charge in [-0.2, -0.15) is 5.10 Å². The minimum atomic E-state index is 0.723. The van der Waals surface area contributed by atoms with Crippen molar-refractivity contribution < 1.29 is 0 Å². The van der Waals surface area contributed by atoms with Gasteiger partial charge in [0.2, 0.25) is 0 Å². The van der Waals surface area contributed by atoms with E-state index in [1.54, 1.807) is 6.20 Å². The molecule has 1 aromatic carbocycles. The van der Waals surface area contributed by atoms with Crippen LogP contribution in [0.4, 0.5) is 5.69 Å². The van der Waals surface area contributed by atoms with Gasteiger partial charge in [0, 0.05) is 39.3 Å². The molecular formula is C15H13IN4. The van der Waals surface area contributed by atoms with Crippen LogP contribution in [-0.2, 0) is 6.54 Å². The van der Waals surface area contributed by atoms with Gasteiger partial charge in [-0.3, -0.25) is 10.1 Å². The standard InChI is InChI=1S/C15H13IN4/c16-13-5-1-2-6-14(13)18-9-12-10-19-20-15(12)11-4-3-7-17-8-11/h1-8,10,18H,9H2,(H,19,20). The van der Waals surface area contributed by atoms with Crippen molar-refractivity contribution in [2.24, 2.45) is 0 Å². The van der Waals surface area contributed by atoms with Crippen LogP contribution in [0.1, 0.15) is 5.56 Å². The number of para-hydroxylation sites is 1. The van der Waals surface area contributed by atoms with Crippen molar-refractivity contribution in [3.05, 3.63) is 64.1 Å². The molecule has 0 radical (unpaired) electrons. The van der Waals surface area contributed by atoms with Crippen LogP contribution >= 0.6 is 22.6 Å². The molecule has 0 spiro atoms. The summed E-state index contributed by atoms with van der Waals surface area (Å²) >= 11 is 2.33. The largest absolute Gasteiger partial charge is 0.380 e. The normalized spacial score (nSPS) is 10.4. The van der Waals surface area contributed by atoms with Gasteiger partial charge in [0.05, 0.1) is 11.9 Å². The zero-order chi connectivity index (χ0) is 13.8. The van der Waals surface area contributed by atoms with Gasteiger partial charge in [-0.05, 0) is 46.9 Å². The molecule has 0 amide bonds. The summed E-state index contributed by atoms with van der Waals surface area (Å²) in [6.07, 6.45) is 5.46. The highest BCUT2D eigenvalue weighted by atomic mass is 127. The first-order valence-corrected chi connectivity index (χ1v) is 7.33. The number of aromatic nitrogens is 3. The first-order valence-electron chi connectivity index (χ1n) is 6.25. The number of hydrogen-bond donors (Lipinski definition) is 2. The maximum absolute atomic E-state index is 4.14. The second-order valence-corrected chi connectivity index (χ2v) is 5.51. The molecule has 2 N–H and O–H groups in total. The topological polar surface area (TPSA) is 53.6 Å². The number of rotatable bonds is 4. The van der Waals surface area contributed by atoms with Gasteiger partial charge in [-0.1, -0.05) is 12.1 Å². The molecule has 20 heavy (non-hydrogen) atoms. The molecule has 0 aliphatic carbocycles. The van der Waals surface area contributed by atoms with Crippen molar-refractivity contribution in [1.29, 1.82) is 0 Å². The highest BCUT2D eigenvalue weighted by molar-refractivity contribution is 14.1. The Bertz CT molecular complexity index is 694. The zero-order valence-electron chi connectivity index (χ0n) is 10.7. The van der Waals surface area contributed by atoms with E-state index in [0.717, 1.165) is 29.1 Å². The van der Waals surface area contributed by atoms with Crippen LogP contribution in [0.25, 0.3) is 11.3 Å². The maximum atomic E-state index is 4.14. The quantitative estimate of drug-likeness (QED) is 0.683. The van der Waals surface area contributed by atoms with Gasteiger partial charge in [-0.15, -0.1) is 0 Å². The van der Waals surface area contributed by atoms with Crippen molar-refractivity contribution in [3.8, 4) is 11.3 Å². The molecule has 0 saturated carbocycles. The van der Waals surface area contributed by atoms with Crippen LogP contribution in [0.2, 0.25) is 0 Å². The molecular weight excluding hydrogens is 363 g/mol. The lowest BCUT2D eigenvalue weighted by atomic mass is 10.1. The van der Waals surface area contributed by atoms with E-state index in [0.29, 0.717) is 0 Å². The van der Waals surface area contributed by atoms with Gasteiger partial charge in [0.25, 0.3) is 0 Å². The third-order valence-corrected chi connectivity index (χ3v) is 3.95. The summed E-state index contributed by atoms with van der Waals surface area (Å²) in [6, 6.07) is 12.2. The molecule has 0 bridgehead atoms. The van der Waals surface area contributed by atoms with Crippen molar-refractivity contribution in [1.82, 2.24) is 15.2 Å². The van der Waals surface area contributed by atoms with Crippen molar-refractivity contribution in [2.75, 3.05) is 5.32 Å². The molecule has 3 rings (SSSR count). The van der Waals surface area contributed by atoms with Crippen LogP contribution in [-0.4, -0.2) is 15.2 Å². The molecule has 0 unspecified atom stereocenters. The van der Waals surface area contributed by atoms with Crippen molar-refractivity contribution >= 4 is 28.3 Å². The van der Waals surface area contributed by atoms with Gasteiger partial charge in [0.1, 0.15) is 0 Å². The summed E-state index contributed by atoms with van der Waals surface area (Å²) < 4.78 is 1.21. The first-order chi connectivity index (χ1) is 9.84. The predicted octanol–water partition coefficient (Wildman–Crippen LogP) is 3.69. The number of H-pyrrole nitrogens is 1. The van der Waals surface area contributed by atoms with Crippen LogP contribution < -0.4 is 5.32 Å².